The van der Waals surface area contributed by atoms with Crippen molar-refractivity contribution in [3.05, 3.63) is 70.1 Å². The van der Waals surface area contributed by atoms with E-state index in [0.29, 0.717) is 12.5 Å². The molecule has 3 aromatic rings. The molecule has 0 atom stereocenters. The van der Waals surface area contributed by atoms with Gasteiger partial charge in [0.15, 0.2) is 0 Å². The highest BCUT2D eigenvalue weighted by Crippen LogP contribution is 2.30. The average molecular weight is 363 g/mol. The topological polar surface area (TPSA) is 110 Å². The van der Waals surface area contributed by atoms with Crippen LogP contribution in [0.4, 0.5) is 23.0 Å². The fourth-order valence-corrected chi connectivity index (χ4v) is 3.13. The number of hydrogen-bond acceptors (Lipinski definition) is 8. The third kappa shape index (κ3) is 3.52. The smallest absolute Gasteiger partial charge is 0.271 e. The second-order valence-electron chi connectivity index (χ2n) is 6.32. The van der Waals surface area contributed by atoms with E-state index in [-0.39, 0.29) is 10.6 Å². The highest BCUT2D eigenvalue weighted by molar-refractivity contribution is 5.60. The van der Waals surface area contributed by atoms with Crippen LogP contribution in [0.25, 0.3) is 0 Å². The molecule has 136 valence electrons. The van der Waals surface area contributed by atoms with E-state index in [0.717, 1.165) is 41.2 Å². The zero-order valence-electron chi connectivity index (χ0n) is 14.7. The first-order chi connectivity index (χ1) is 13.1. The molecule has 1 N–H and O–H groups in total. The number of anilines is 3. The normalized spacial score (nSPS) is 13.1. The van der Waals surface area contributed by atoms with Gasteiger partial charge in [0.05, 0.1) is 28.7 Å². The first-order valence-electron chi connectivity index (χ1n) is 8.47. The minimum absolute atomic E-state index is 0.0993. The zero-order chi connectivity index (χ0) is 18.8. The van der Waals surface area contributed by atoms with Crippen molar-refractivity contribution in [3.63, 3.8) is 0 Å². The first kappa shape index (κ1) is 16.8. The summed E-state index contributed by atoms with van der Waals surface area (Å²) in [5.41, 5.74) is 4.70. The first-order valence-corrected chi connectivity index (χ1v) is 8.47. The minimum Gasteiger partial charge on any atom is -0.366 e. The monoisotopic (exact) mass is 363 g/mol. The Morgan fingerprint density at radius 2 is 2.04 bits per heavy atom. The molecule has 1 aromatic carbocycles. The molecule has 0 aliphatic carbocycles. The molecule has 27 heavy (non-hydrogen) atoms. The number of hydrogen-bond donors (Lipinski definition) is 1. The molecular weight excluding hydrogens is 346 g/mol. The molecule has 9 nitrogen and oxygen atoms in total. The van der Waals surface area contributed by atoms with Gasteiger partial charge in [-0.15, -0.1) is 0 Å². The summed E-state index contributed by atoms with van der Waals surface area (Å²) in [7, 11) is 0. The molecule has 0 saturated heterocycles. The molecule has 1 aliphatic rings. The van der Waals surface area contributed by atoms with Gasteiger partial charge in [0.1, 0.15) is 6.33 Å². The van der Waals surface area contributed by atoms with Crippen LogP contribution in [-0.2, 0) is 13.0 Å². The van der Waals surface area contributed by atoms with Gasteiger partial charge in [-0.3, -0.25) is 10.1 Å². The Labute approximate surface area is 155 Å². The molecule has 0 radical (unpaired) electrons. The van der Waals surface area contributed by atoms with E-state index in [1.165, 1.54) is 12.4 Å². The van der Waals surface area contributed by atoms with Crippen molar-refractivity contribution < 1.29 is 4.92 Å². The summed E-state index contributed by atoms with van der Waals surface area (Å²) in [5, 5.41) is 14.2. The van der Waals surface area contributed by atoms with Crippen LogP contribution >= 0.6 is 0 Å². The van der Waals surface area contributed by atoms with E-state index in [2.05, 4.69) is 30.2 Å². The third-order valence-electron chi connectivity index (χ3n) is 4.49. The van der Waals surface area contributed by atoms with Crippen LogP contribution in [0.15, 0.2) is 43.1 Å². The summed E-state index contributed by atoms with van der Waals surface area (Å²) < 4.78 is 0. The van der Waals surface area contributed by atoms with E-state index in [4.69, 9.17) is 0 Å². The molecule has 1 aliphatic heterocycles. The summed E-state index contributed by atoms with van der Waals surface area (Å²) in [6.45, 7) is 3.31. The number of aromatic nitrogens is 4. The van der Waals surface area contributed by atoms with Gasteiger partial charge in [0.2, 0.25) is 5.95 Å². The van der Waals surface area contributed by atoms with E-state index >= 15 is 0 Å². The van der Waals surface area contributed by atoms with Gasteiger partial charge in [-0.25, -0.2) is 19.9 Å². The fourth-order valence-electron chi connectivity index (χ4n) is 3.13. The Kier molecular flexibility index (Phi) is 4.33. The number of nitrogens with zero attached hydrogens (tertiary/aromatic N) is 6. The van der Waals surface area contributed by atoms with E-state index in [1.54, 1.807) is 30.7 Å². The fraction of sp³-hybridized carbons (Fsp3) is 0.222. The van der Waals surface area contributed by atoms with Crippen molar-refractivity contribution in [3.8, 4) is 0 Å². The Morgan fingerprint density at radius 1 is 1.22 bits per heavy atom. The van der Waals surface area contributed by atoms with Crippen molar-refractivity contribution in [2.75, 3.05) is 16.8 Å². The van der Waals surface area contributed by atoms with Gasteiger partial charge in [0, 0.05) is 49.1 Å². The van der Waals surface area contributed by atoms with Gasteiger partial charge in [0.25, 0.3) is 5.69 Å². The highest BCUT2D eigenvalue weighted by Gasteiger charge is 2.21. The van der Waals surface area contributed by atoms with Crippen molar-refractivity contribution in [2.45, 2.75) is 19.9 Å². The molecule has 0 unspecified atom stereocenters. The zero-order valence-corrected chi connectivity index (χ0v) is 14.7. The van der Waals surface area contributed by atoms with Gasteiger partial charge in [-0.05, 0) is 12.5 Å². The molecular formula is C18H17N7O2. The van der Waals surface area contributed by atoms with Crippen LogP contribution in [-0.4, -0.2) is 31.4 Å². The maximum absolute atomic E-state index is 11.1. The molecule has 2 aromatic heterocycles. The number of nitro groups is 1. The van der Waals surface area contributed by atoms with Crippen molar-refractivity contribution >= 4 is 23.0 Å². The van der Waals surface area contributed by atoms with Gasteiger partial charge >= 0.3 is 0 Å². The quantitative estimate of drug-likeness (QED) is 0.556. The lowest BCUT2D eigenvalue weighted by atomic mass is 10.0. The summed E-state index contributed by atoms with van der Waals surface area (Å²) in [6.07, 6.45) is 7.31. The molecule has 0 saturated carbocycles. The third-order valence-corrected chi connectivity index (χ3v) is 4.49. The van der Waals surface area contributed by atoms with Gasteiger partial charge < -0.3 is 10.2 Å². The Balaban J connectivity index is 1.56. The van der Waals surface area contributed by atoms with Crippen molar-refractivity contribution in [1.82, 2.24) is 19.9 Å². The number of rotatable bonds is 4. The second-order valence-corrected chi connectivity index (χ2v) is 6.32. The van der Waals surface area contributed by atoms with Crippen molar-refractivity contribution in [2.24, 2.45) is 0 Å². The highest BCUT2D eigenvalue weighted by atomic mass is 16.6. The number of benzene rings is 1. The van der Waals surface area contributed by atoms with Crippen molar-refractivity contribution in [1.29, 1.82) is 0 Å². The molecule has 0 amide bonds. The molecule has 3 heterocycles. The van der Waals surface area contributed by atoms with E-state index < -0.39 is 0 Å². The second kappa shape index (κ2) is 6.94. The molecule has 4 rings (SSSR count). The van der Waals surface area contributed by atoms with Crippen LogP contribution in [0.2, 0.25) is 0 Å². The lowest BCUT2D eigenvalue weighted by Crippen LogP contribution is -2.31. The predicted molar refractivity (Wildman–Crippen MR) is 99.9 cm³/mol. The molecule has 0 fully saturated rings. The van der Waals surface area contributed by atoms with Crippen LogP contribution in [0.1, 0.15) is 16.8 Å². The standard InChI is InChI=1S/C18H17N7O2/c1-12-2-3-15(25(26)27)6-17(12)24-5-4-16-13(10-24)7-21-18(23-16)22-14-8-19-11-20-9-14/h2-3,6-9,11H,4-5,10H2,1H3,(H,21,22,23). The Hall–Kier alpha value is -3.62. The van der Waals surface area contributed by atoms with E-state index in [1.807, 2.05) is 6.92 Å². The molecule has 9 heteroatoms. The number of nitrogens with one attached hydrogen (secondary N) is 1. The van der Waals surface area contributed by atoms with E-state index in [9.17, 15) is 10.1 Å². The van der Waals surface area contributed by atoms with Gasteiger partial charge in [-0.2, -0.15) is 0 Å². The minimum atomic E-state index is -0.366. The summed E-state index contributed by atoms with van der Waals surface area (Å²) in [5.74, 6) is 0.503. The van der Waals surface area contributed by atoms with Crippen LogP contribution in [0.3, 0.4) is 0 Å². The lowest BCUT2D eigenvalue weighted by molar-refractivity contribution is -0.384. The van der Waals surface area contributed by atoms with Crippen LogP contribution in [0, 0.1) is 17.0 Å². The Bertz CT molecular complexity index is 994. The SMILES string of the molecule is Cc1ccc([N+](=O)[O-])cc1N1CCc2nc(Nc3cncnc3)ncc2C1. The number of nitro benzene ring substituents is 1. The Morgan fingerprint density at radius 3 is 2.81 bits per heavy atom. The number of aryl methyl sites for hydroxylation is 1. The lowest BCUT2D eigenvalue weighted by Gasteiger charge is -2.31. The maximum Gasteiger partial charge on any atom is 0.271 e. The summed E-state index contributed by atoms with van der Waals surface area (Å²) in [4.78, 5) is 29.7. The molecule has 0 bridgehead atoms. The largest absolute Gasteiger partial charge is 0.366 e. The maximum atomic E-state index is 11.1. The van der Waals surface area contributed by atoms with Crippen LogP contribution < -0.4 is 10.2 Å². The summed E-state index contributed by atoms with van der Waals surface area (Å²) >= 11 is 0. The predicted octanol–water partition coefficient (Wildman–Crippen LogP) is 2.79. The average Bonchev–Trinajstić information content (AvgIpc) is 2.68. The number of non-ortho nitro benzene ring substituents is 1. The van der Waals surface area contributed by atoms with Crippen LogP contribution in [0.5, 0.6) is 0 Å². The molecule has 0 spiro atoms. The van der Waals surface area contributed by atoms with Gasteiger partial charge in [-0.1, -0.05) is 6.07 Å². The summed E-state index contributed by atoms with van der Waals surface area (Å²) in [6, 6.07) is 4.95. The number of fused-ring (bicyclic) bond motifs is 1.